The van der Waals surface area contributed by atoms with Crippen molar-refractivity contribution in [1.29, 1.82) is 0 Å². The summed E-state index contributed by atoms with van der Waals surface area (Å²) in [6, 6.07) is -0.280. The summed E-state index contributed by atoms with van der Waals surface area (Å²) in [6.45, 7) is 1.76. The van der Waals surface area contributed by atoms with Crippen molar-refractivity contribution < 1.29 is 19.7 Å². The molecule has 0 unspecified atom stereocenters. The number of azide groups is 1. The zero-order chi connectivity index (χ0) is 20.8. The highest BCUT2D eigenvalue weighted by Crippen LogP contribution is 2.38. The number of ether oxygens (including phenoxy) is 1. The van der Waals surface area contributed by atoms with Crippen LogP contribution in [0.3, 0.4) is 0 Å². The van der Waals surface area contributed by atoms with E-state index in [-0.39, 0.29) is 23.8 Å². The van der Waals surface area contributed by atoms with Gasteiger partial charge in [-0.25, -0.2) is 0 Å². The van der Waals surface area contributed by atoms with Crippen LogP contribution in [0.25, 0.3) is 10.4 Å². The highest BCUT2D eigenvalue weighted by Gasteiger charge is 2.39. The molecule has 0 amide bonds. The molecule has 2 N–H and O–H groups in total. The van der Waals surface area contributed by atoms with Crippen LogP contribution < -0.4 is 0 Å². The van der Waals surface area contributed by atoms with Crippen LogP contribution in [0.1, 0.15) is 51.9 Å². The molecule has 0 heterocycles. The minimum absolute atomic E-state index is 0.0263. The Hall–Kier alpha value is -2.26. The molecule has 0 radical (unpaired) electrons. The van der Waals surface area contributed by atoms with E-state index in [1.807, 2.05) is 18.2 Å². The molecule has 7 heteroatoms. The molecule has 0 bridgehead atoms. The number of hydrogen-bond acceptors (Lipinski definition) is 5. The zero-order valence-corrected chi connectivity index (χ0v) is 16.7. The Morgan fingerprint density at radius 2 is 2.25 bits per heavy atom. The number of rotatable bonds is 11. The number of allylic oxidation sites excluding steroid dienone is 2. The normalized spacial score (nSPS) is 25.3. The Kier molecular flexibility index (Phi) is 11.8. The Bertz CT molecular complexity index is 644. The molecule has 0 saturated heterocycles. The Balaban J connectivity index is 2.65. The Morgan fingerprint density at radius 1 is 1.46 bits per heavy atom. The van der Waals surface area contributed by atoms with E-state index < -0.39 is 12.2 Å². The zero-order valence-electron chi connectivity index (χ0n) is 16.7. The molecular weight excluding hydrogens is 358 g/mol. The second-order valence-corrected chi connectivity index (χ2v) is 6.91. The predicted octanol–water partition coefficient (Wildman–Crippen LogP) is 3.67. The van der Waals surface area contributed by atoms with Crippen LogP contribution in [-0.4, -0.2) is 41.5 Å². The van der Waals surface area contributed by atoms with Gasteiger partial charge in [-0.3, -0.25) is 4.79 Å². The summed E-state index contributed by atoms with van der Waals surface area (Å²) >= 11 is 0. The maximum atomic E-state index is 11.1. The van der Waals surface area contributed by atoms with Crippen molar-refractivity contribution in [1.82, 2.24) is 0 Å². The molecule has 1 fully saturated rings. The van der Waals surface area contributed by atoms with E-state index in [0.717, 1.165) is 6.42 Å². The molecule has 0 aromatic rings. The third-order valence-corrected chi connectivity index (χ3v) is 4.97. The van der Waals surface area contributed by atoms with Crippen LogP contribution >= 0.6 is 0 Å². The summed E-state index contributed by atoms with van der Waals surface area (Å²) in [4.78, 5) is 14.0. The number of carbonyl (C=O) groups is 1. The van der Waals surface area contributed by atoms with E-state index in [9.17, 15) is 15.0 Å². The third-order valence-electron chi connectivity index (χ3n) is 4.97. The number of hydrogen-bond donors (Lipinski definition) is 2. The van der Waals surface area contributed by atoms with Crippen LogP contribution in [0.2, 0.25) is 0 Å². The monoisotopic (exact) mass is 389 g/mol. The van der Waals surface area contributed by atoms with Crippen LogP contribution in [0.5, 0.6) is 0 Å². The van der Waals surface area contributed by atoms with Gasteiger partial charge in [0.15, 0.2) is 0 Å². The first kappa shape index (κ1) is 23.8. The number of nitrogens with zero attached hydrogens (tertiary/aromatic N) is 3. The molecule has 1 rings (SSSR count). The second kappa shape index (κ2) is 13.8. The van der Waals surface area contributed by atoms with E-state index in [1.54, 1.807) is 13.0 Å². The summed E-state index contributed by atoms with van der Waals surface area (Å²) in [7, 11) is 1.38. The number of carbonyl (C=O) groups excluding carboxylic acids is 1. The van der Waals surface area contributed by atoms with Crippen molar-refractivity contribution in [3.05, 3.63) is 34.7 Å². The molecule has 1 aliphatic rings. The van der Waals surface area contributed by atoms with Crippen molar-refractivity contribution in [3.63, 3.8) is 0 Å². The van der Waals surface area contributed by atoms with Gasteiger partial charge < -0.3 is 14.9 Å². The van der Waals surface area contributed by atoms with Crippen LogP contribution in [0, 0.1) is 23.7 Å². The molecule has 28 heavy (non-hydrogen) atoms. The van der Waals surface area contributed by atoms with E-state index >= 15 is 0 Å². The molecule has 154 valence electrons. The minimum Gasteiger partial charge on any atom is -0.469 e. The van der Waals surface area contributed by atoms with Crippen LogP contribution in [-0.2, 0) is 9.53 Å². The largest absolute Gasteiger partial charge is 0.469 e. The van der Waals surface area contributed by atoms with Gasteiger partial charge >= 0.3 is 5.97 Å². The summed E-state index contributed by atoms with van der Waals surface area (Å²) in [6.07, 6.45) is 10.4. The molecule has 5 atom stereocenters. The summed E-state index contributed by atoms with van der Waals surface area (Å²) in [5, 5.41) is 24.3. The van der Waals surface area contributed by atoms with Gasteiger partial charge in [0.1, 0.15) is 0 Å². The van der Waals surface area contributed by atoms with Gasteiger partial charge in [-0.1, -0.05) is 29.4 Å². The third kappa shape index (κ3) is 8.62. The highest BCUT2D eigenvalue weighted by atomic mass is 16.5. The highest BCUT2D eigenvalue weighted by molar-refractivity contribution is 5.69. The summed E-state index contributed by atoms with van der Waals surface area (Å²) in [5.74, 6) is 5.29. The van der Waals surface area contributed by atoms with E-state index in [2.05, 4.69) is 26.6 Å². The summed E-state index contributed by atoms with van der Waals surface area (Å²) < 4.78 is 4.61. The lowest BCUT2D eigenvalue weighted by molar-refractivity contribution is -0.140. The van der Waals surface area contributed by atoms with Gasteiger partial charge in [0.2, 0.25) is 0 Å². The maximum absolute atomic E-state index is 11.1. The van der Waals surface area contributed by atoms with Crippen LogP contribution in [0.15, 0.2) is 29.4 Å². The molecule has 7 nitrogen and oxygen atoms in total. The van der Waals surface area contributed by atoms with Crippen LogP contribution in [0.4, 0.5) is 0 Å². The lowest BCUT2D eigenvalue weighted by atomic mass is 9.89. The van der Waals surface area contributed by atoms with Crippen molar-refractivity contribution in [2.24, 2.45) is 17.0 Å². The fraction of sp³-hybridized carbons (Fsp3) is 0.667. The van der Waals surface area contributed by atoms with Gasteiger partial charge in [0, 0.05) is 29.7 Å². The predicted molar refractivity (Wildman–Crippen MR) is 108 cm³/mol. The SMILES string of the molecule is CC#CCC[C@H](O)/C=C/[C@@H]1[C@@H](C/C=C\CCCC(=O)OC)[C@@H](N=[N+]=[N-])C[C@H]1O. The molecule has 0 aromatic carbocycles. The van der Waals surface area contributed by atoms with Crippen molar-refractivity contribution in [2.75, 3.05) is 7.11 Å². The number of aliphatic hydroxyl groups excluding tert-OH is 2. The lowest BCUT2D eigenvalue weighted by Gasteiger charge is -2.20. The van der Waals surface area contributed by atoms with Gasteiger partial charge in [-0.15, -0.1) is 11.8 Å². The first-order chi connectivity index (χ1) is 13.5. The van der Waals surface area contributed by atoms with Gasteiger partial charge in [-0.05, 0) is 50.5 Å². The Labute approximate surface area is 167 Å². The summed E-state index contributed by atoms with van der Waals surface area (Å²) in [5.41, 5.74) is 8.82. The number of aliphatic hydroxyl groups is 2. The molecular formula is C21H31N3O4. The van der Waals surface area contributed by atoms with Crippen molar-refractivity contribution >= 4 is 5.97 Å². The minimum atomic E-state index is -0.610. The fourth-order valence-corrected chi connectivity index (χ4v) is 3.44. The number of methoxy groups -OCH3 is 1. The quantitative estimate of drug-likeness (QED) is 0.107. The average Bonchev–Trinajstić information content (AvgIpc) is 2.97. The number of esters is 1. The van der Waals surface area contributed by atoms with Gasteiger partial charge in [0.05, 0.1) is 19.3 Å². The first-order valence-electron chi connectivity index (χ1n) is 9.73. The molecule has 1 aliphatic carbocycles. The maximum Gasteiger partial charge on any atom is 0.305 e. The lowest BCUT2D eigenvalue weighted by Crippen LogP contribution is -2.19. The molecule has 0 spiro atoms. The number of unbranched alkanes of at least 4 members (excludes halogenated alkanes) is 1. The fourth-order valence-electron chi connectivity index (χ4n) is 3.44. The van der Waals surface area contributed by atoms with Gasteiger partial charge in [0.25, 0.3) is 0 Å². The molecule has 1 saturated carbocycles. The topological polar surface area (TPSA) is 116 Å². The molecule has 0 aliphatic heterocycles. The second-order valence-electron chi connectivity index (χ2n) is 6.91. The standard InChI is InChI=1S/C21H31N3O4/c1-3-4-7-10-16(25)13-14-18-17(19(23-24-22)15-20(18)26)11-8-5-6-9-12-21(27)28-2/h5,8,13-14,16-20,25-26H,6-7,9-12,15H2,1-2H3/b8-5-,14-13+/t16-,17+,18+,19-,20+/m0/s1. The smallest absolute Gasteiger partial charge is 0.305 e. The Morgan fingerprint density at radius 3 is 2.93 bits per heavy atom. The van der Waals surface area contributed by atoms with E-state index in [4.69, 9.17) is 5.53 Å². The van der Waals surface area contributed by atoms with Gasteiger partial charge in [-0.2, -0.15) is 0 Å². The van der Waals surface area contributed by atoms with Crippen molar-refractivity contribution in [3.8, 4) is 11.8 Å². The first-order valence-corrected chi connectivity index (χ1v) is 9.73. The molecule has 0 aromatic heterocycles. The average molecular weight is 389 g/mol. The van der Waals surface area contributed by atoms with E-state index in [0.29, 0.717) is 38.5 Å². The van der Waals surface area contributed by atoms with Crippen molar-refractivity contribution in [2.45, 2.75) is 70.1 Å². The van der Waals surface area contributed by atoms with E-state index in [1.165, 1.54) is 7.11 Å².